The Kier molecular flexibility index (Phi) is 5.36. The van der Waals surface area contributed by atoms with E-state index < -0.39 is 11.6 Å². The van der Waals surface area contributed by atoms with E-state index in [0.717, 1.165) is 16.7 Å². The second-order valence-electron chi connectivity index (χ2n) is 7.02. The van der Waals surface area contributed by atoms with E-state index in [9.17, 15) is 4.79 Å². The maximum absolute atomic E-state index is 13.0. The monoisotopic (exact) mass is 381 g/mol. The lowest BCUT2D eigenvalue weighted by Gasteiger charge is -2.39. The van der Waals surface area contributed by atoms with Crippen molar-refractivity contribution in [1.29, 1.82) is 0 Å². The molecule has 0 aliphatic heterocycles. The molecule has 0 saturated heterocycles. The van der Waals surface area contributed by atoms with Crippen LogP contribution in [0.4, 0.5) is 0 Å². The smallest absolute Gasteiger partial charge is 0.248 e. The van der Waals surface area contributed by atoms with Crippen molar-refractivity contribution in [2.24, 2.45) is 0 Å². The van der Waals surface area contributed by atoms with Crippen molar-refractivity contribution in [1.82, 2.24) is 14.9 Å². The van der Waals surface area contributed by atoms with Gasteiger partial charge in [-0.25, -0.2) is 4.98 Å². The molecule has 1 atom stereocenters. The van der Waals surface area contributed by atoms with Crippen molar-refractivity contribution in [2.75, 3.05) is 0 Å². The first-order chi connectivity index (χ1) is 14.2. The van der Waals surface area contributed by atoms with Crippen molar-refractivity contribution in [3.63, 3.8) is 0 Å². The van der Waals surface area contributed by atoms with Crippen molar-refractivity contribution < 1.29 is 4.79 Å². The van der Waals surface area contributed by atoms with Gasteiger partial charge in [0.1, 0.15) is 6.33 Å². The molecule has 4 aromatic rings. The van der Waals surface area contributed by atoms with Crippen LogP contribution in [0.25, 0.3) is 0 Å². The Hall–Kier alpha value is -3.50. The molecular weight excluding hydrogens is 358 g/mol. The maximum atomic E-state index is 13.0. The van der Waals surface area contributed by atoms with Crippen molar-refractivity contribution in [2.45, 2.75) is 18.5 Å². The second kappa shape index (κ2) is 8.25. The Morgan fingerprint density at radius 1 is 0.828 bits per heavy atom. The minimum Gasteiger partial charge on any atom is -0.289 e. The molecule has 0 amide bonds. The van der Waals surface area contributed by atoms with Crippen LogP contribution in [0, 0.1) is 0 Å². The molecule has 1 heterocycles. The van der Waals surface area contributed by atoms with Gasteiger partial charge in [0.05, 0.1) is 11.6 Å². The fourth-order valence-electron chi connectivity index (χ4n) is 3.81. The molecule has 4 heteroatoms. The molecule has 3 aromatic carbocycles. The molecule has 0 unspecified atom stereocenters. The number of imidazole rings is 1. The Morgan fingerprint density at radius 3 is 1.66 bits per heavy atom. The lowest BCUT2D eigenvalue weighted by atomic mass is 9.76. The number of nitrogens with zero attached hydrogens (tertiary/aromatic N) is 2. The van der Waals surface area contributed by atoms with E-state index in [-0.39, 0.29) is 5.91 Å². The molecular formula is C25H23N3O. The van der Waals surface area contributed by atoms with Crippen LogP contribution >= 0.6 is 0 Å². The van der Waals surface area contributed by atoms with Crippen molar-refractivity contribution in [3.8, 4) is 0 Å². The lowest BCUT2D eigenvalue weighted by molar-refractivity contribution is 0.0855. The van der Waals surface area contributed by atoms with Crippen LogP contribution in [-0.4, -0.2) is 21.5 Å². The molecule has 0 aliphatic rings. The topological polar surface area (TPSA) is 46.9 Å². The van der Waals surface area contributed by atoms with Gasteiger partial charge in [0.2, 0.25) is 5.91 Å². The summed E-state index contributed by atoms with van der Waals surface area (Å²) < 4.78 is 1.52. The highest BCUT2D eigenvalue weighted by atomic mass is 16.2. The summed E-state index contributed by atoms with van der Waals surface area (Å²) in [6, 6.07) is 30.3. The molecule has 0 fully saturated rings. The Morgan fingerprint density at radius 2 is 1.28 bits per heavy atom. The van der Waals surface area contributed by atoms with Crippen LogP contribution in [0.2, 0.25) is 0 Å². The van der Waals surface area contributed by atoms with E-state index in [2.05, 4.69) is 46.7 Å². The van der Waals surface area contributed by atoms with E-state index in [1.54, 1.807) is 12.4 Å². The summed E-state index contributed by atoms with van der Waals surface area (Å²) in [7, 11) is 0. The molecule has 0 saturated carbocycles. The van der Waals surface area contributed by atoms with E-state index in [1.807, 2.05) is 61.5 Å². The first-order valence-electron chi connectivity index (χ1n) is 9.68. The molecule has 4 rings (SSSR count). The number of aromatic nitrogens is 2. The molecule has 29 heavy (non-hydrogen) atoms. The molecule has 144 valence electrons. The van der Waals surface area contributed by atoms with Crippen LogP contribution in [0.5, 0.6) is 0 Å². The number of nitrogens with one attached hydrogen (secondary N) is 1. The first kappa shape index (κ1) is 18.8. The van der Waals surface area contributed by atoms with Crippen LogP contribution in [-0.2, 0) is 5.54 Å². The third-order valence-electron chi connectivity index (χ3n) is 5.18. The predicted octanol–water partition coefficient (Wildman–Crippen LogP) is 4.49. The molecule has 0 radical (unpaired) electrons. The van der Waals surface area contributed by atoms with Crippen LogP contribution < -0.4 is 5.32 Å². The van der Waals surface area contributed by atoms with Crippen LogP contribution in [0.3, 0.4) is 0 Å². The first-order valence-corrected chi connectivity index (χ1v) is 9.68. The average Bonchev–Trinajstić information content (AvgIpc) is 3.33. The summed E-state index contributed by atoms with van der Waals surface area (Å²) in [5, 5.41) is 3.67. The zero-order valence-corrected chi connectivity index (χ0v) is 16.3. The highest BCUT2D eigenvalue weighted by Gasteiger charge is 2.38. The Labute approximate surface area is 170 Å². The largest absolute Gasteiger partial charge is 0.289 e. The van der Waals surface area contributed by atoms with Gasteiger partial charge in [-0.15, -0.1) is 0 Å². The minimum absolute atomic E-state index is 0.0605. The van der Waals surface area contributed by atoms with Gasteiger partial charge in [-0.1, -0.05) is 91.0 Å². The predicted molar refractivity (Wildman–Crippen MR) is 115 cm³/mol. The van der Waals surface area contributed by atoms with Crippen LogP contribution in [0.1, 0.15) is 28.4 Å². The van der Waals surface area contributed by atoms with Gasteiger partial charge >= 0.3 is 0 Å². The van der Waals surface area contributed by atoms with Crippen LogP contribution in [0.15, 0.2) is 110 Å². The van der Waals surface area contributed by atoms with Gasteiger partial charge < -0.3 is 0 Å². The van der Waals surface area contributed by atoms with Gasteiger partial charge in [0.15, 0.2) is 0 Å². The third-order valence-corrected chi connectivity index (χ3v) is 5.18. The summed E-state index contributed by atoms with van der Waals surface area (Å²) in [5.74, 6) is -0.0605. The molecule has 4 nitrogen and oxygen atoms in total. The Balaban J connectivity index is 1.89. The fraction of sp³-hybridized carbons (Fsp3) is 0.120. The average molecular weight is 381 g/mol. The van der Waals surface area contributed by atoms with E-state index in [0.29, 0.717) is 0 Å². The SMILES string of the molecule is C[C@H](NC(c1ccccc1)(c1ccccc1)c1ccccc1)C(=O)n1ccnc1. The highest BCUT2D eigenvalue weighted by molar-refractivity contribution is 5.84. The summed E-state index contributed by atoms with van der Waals surface area (Å²) in [6.07, 6.45) is 4.83. The van der Waals surface area contributed by atoms with Gasteiger partial charge in [-0.05, 0) is 23.6 Å². The summed E-state index contributed by atoms with van der Waals surface area (Å²) in [5.41, 5.74) is 2.53. The van der Waals surface area contributed by atoms with Crippen molar-refractivity contribution in [3.05, 3.63) is 126 Å². The normalized spacial score (nSPS) is 12.4. The quantitative estimate of drug-likeness (QED) is 0.501. The molecule has 0 bridgehead atoms. The third kappa shape index (κ3) is 3.62. The summed E-state index contributed by atoms with van der Waals surface area (Å²) >= 11 is 0. The van der Waals surface area contributed by atoms with Crippen molar-refractivity contribution >= 4 is 5.91 Å². The van der Waals surface area contributed by atoms with Gasteiger partial charge in [0.25, 0.3) is 0 Å². The summed E-state index contributed by atoms with van der Waals surface area (Å²) in [4.78, 5) is 17.0. The zero-order chi connectivity index (χ0) is 20.1. The number of rotatable bonds is 6. The van der Waals surface area contributed by atoms with E-state index >= 15 is 0 Å². The number of hydrogen-bond donors (Lipinski definition) is 1. The standard InChI is InChI=1S/C25H23N3O/c1-20(24(29)28-18-17-26-19-28)27-25(21-11-5-2-6-12-21,22-13-7-3-8-14-22)23-15-9-4-10-16-23/h2-20,27H,1H3/t20-/m0/s1. The Bertz CT molecular complexity index is 949. The van der Waals surface area contributed by atoms with E-state index in [1.165, 1.54) is 10.9 Å². The zero-order valence-electron chi connectivity index (χ0n) is 16.3. The molecule has 1 aromatic heterocycles. The molecule has 1 N–H and O–H groups in total. The molecule has 0 aliphatic carbocycles. The van der Waals surface area contributed by atoms with E-state index in [4.69, 9.17) is 0 Å². The van der Waals surface area contributed by atoms with Gasteiger partial charge in [0, 0.05) is 12.4 Å². The highest BCUT2D eigenvalue weighted by Crippen LogP contribution is 2.37. The maximum Gasteiger partial charge on any atom is 0.248 e. The number of carbonyl (C=O) groups excluding carboxylic acids is 1. The lowest BCUT2D eigenvalue weighted by Crippen LogP contribution is -2.52. The summed E-state index contributed by atoms with van der Waals surface area (Å²) in [6.45, 7) is 1.89. The number of benzene rings is 3. The molecule has 0 spiro atoms. The number of carbonyl (C=O) groups is 1. The fourth-order valence-corrected chi connectivity index (χ4v) is 3.81. The second-order valence-corrected chi connectivity index (χ2v) is 7.02. The van der Waals surface area contributed by atoms with Gasteiger partial charge in [-0.2, -0.15) is 0 Å². The number of hydrogen-bond acceptors (Lipinski definition) is 3. The van der Waals surface area contributed by atoms with Gasteiger partial charge in [-0.3, -0.25) is 14.7 Å². The minimum atomic E-state index is -0.681.